The molecule has 2 aliphatic carbocycles. The fourth-order valence-electron chi connectivity index (χ4n) is 5.18. The van der Waals surface area contributed by atoms with Crippen LogP contribution >= 0.6 is 11.3 Å². The van der Waals surface area contributed by atoms with Crippen molar-refractivity contribution in [2.24, 2.45) is 5.73 Å². The van der Waals surface area contributed by atoms with Gasteiger partial charge in [0.05, 0.1) is 5.39 Å². The van der Waals surface area contributed by atoms with Crippen molar-refractivity contribution in [2.75, 3.05) is 14.1 Å². The number of hydrogen-bond donors (Lipinski definition) is 2. The van der Waals surface area contributed by atoms with E-state index >= 15 is 0 Å². The Kier molecular flexibility index (Phi) is 5.62. The molecule has 0 unspecified atom stereocenters. The minimum atomic E-state index is -0.786. The lowest BCUT2D eigenvalue weighted by atomic mass is 9.77. The number of aryl methyl sites for hydroxylation is 1. The third kappa shape index (κ3) is 3.54. The van der Waals surface area contributed by atoms with E-state index in [4.69, 9.17) is 10.5 Å². The molecule has 28 heavy (non-hydrogen) atoms. The summed E-state index contributed by atoms with van der Waals surface area (Å²) in [7, 11) is 4.39. The molecule has 2 atom stereocenters. The van der Waals surface area contributed by atoms with E-state index in [1.807, 2.05) is 0 Å². The first-order chi connectivity index (χ1) is 13.4. The molecular formula is C21H32N4O2S. The second kappa shape index (κ2) is 7.86. The standard InChI is InChI=1S/C21H32N4O2S/c1-4-21(25(2)3)9-7-14(8-10-21)27-19-18-17-13(11-16(22)26)5-6-15(17)28-20(18)24-12-23-19/h12-14,16,26H,4-11,22H2,1-3H3/t13-,14?,16-,21?/m1/s1. The summed E-state index contributed by atoms with van der Waals surface area (Å²) >= 11 is 1.74. The molecule has 1 saturated carbocycles. The summed E-state index contributed by atoms with van der Waals surface area (Å²) < 4.78 is 6.47. The first kappa shape index (κ1) is 20.0. The van der Waals surface area contributed by atoms with Crippen LogP contribution in [0.15, 0.2) is 6.33 Å². The number of nitrogens with zero attached hydrogens (tertiary/aromatic N) is 3. The molecule has 0 radical (unpaired) electrons. The van der Waals surface area contributed by atoms with Gasteiger partial charge in [-0.25, -0.2) is 9.97 Å². The number of fused-ring (bicyclic) bond motifs is 3. The SMILES string of the molecule is CCC1(N(C)C)CCC(Oc2ncnc3sc4c(c23)[C@@H](C[C@H](N)O)CC4)CC1. The molecular weight excluding hydrogens is 372 g/mol. The highest BCUT2D eigenvalue weighted by Crippen LogP contribution is 2.47. The predicted octanol–water partition coefficient (Wildman–Crippen LogP) is 3.42. The average molecular weight is 405 g/mol. The van der Waals surface area contributed by atoms with E-state index in [0.717, 1.165) is 54.6 Å². The molecule has 2 aliphatic rings. The summed E-state index contributed by atoms with van der Waals surface area (Å²) in [5, 5.41) is 10.8. The van der Waals surface area contributed by atoms with E-state index < -0.39 is 6.23 Å². The van der Waals surface area contributed by atoms with Gasteiger partial charge in [0.15, 0.2) is 0 Å². The molecule has 2 aromatic heterocycles. The number of aromatic nitrogens is 2. The molecule has 0 aliphatic heterocycles. The lowest BCUT2D eigenvalue weighted by Crippen LogP contribution is -2.48. The van der Waals surface area contributed by atoms with Gasteiger partial charge in [-0.2, -0.15) is 0 Å². The highest BCUT2D eigenvalue weighted by atomic mass is 32.1. The molecule has 0 spiro atoms. The number of hydrogen-bond acceptors (Lipinski definition) is 7. The Morgan fingerprint density at radius 2 is 2.07 bits per heavy atom. The average Bonchev–Trinajstić information content (AvgIpc) is 3.22. The Labute approximate surface area is 171 Å². The van der Waals surface area contributed by atoms with Crippen LogP contribution in [0.2, 0.25) is 0 Å². The van der Waals surface area contributed by atoms with Crippen molar-refractivity contribution in [3.8, 4) is 5.88 Å². The zero-order valence-electron chi connectivity index (χ0n) is 17.1. The van der Waals surface area contributed by atoms with Crippen molar-refractivity contribution < 1.29 is 9.84 Å². The molecule has 0 saturated heterocycles. The predicted molar refractivity (Wildman–Crippen MR) is 113 cm³/mol. The fourth-order valence-corrected chi connectivity index (χ4v) is 6.41. The van der Waals surface area contributed by atoms with E-state index in [1.165, 1.54) is 16.9 Å². The quantitative estimate of drug-likeness (QED) is 0.718. The van der Waals surface area contributed by atoms with Crippen LogP contribution in [0.4, 0.5) is 0 Å². The molecule has 0 bridgehead atoms. The third-order valence-electron chi connectivity index (χ3n) is 6.97. The van der Waals surface area contributed by atoms with Crippen molar-refractivity contribution in [3.63, 3.8) is 0 Å². The van der Waals surface area contributed by atoms with Crippen molar-refractivity contribution in [1.82, 2.24) is 14.9 Å². The van der Waals surface area contributed by atoms with Gasteiger partial charge in [0.2, 0.25) is 5.88 Å². The first-order valence-corrected chi connectivity index (χ1v) is 11.3. The highest BCUT2D eigenvalue weighted by molar-refractivity contribution is 7.19. The van der Waals surface area contributed by atoms with Crippen LogP contribution in [0.3, 0.4) is 0 Å². The normalized spacial score (nSPS) is 28.6. The van der Waals surface area contributed by atoms with E-state index in [-0.39, 0.29) is 12.0 Å². The number of nitrogens with two attached hydrogens (primary N) is 1. The molecule has 2 heterocycles. The van der Waals surface area contributed by atoms with Gasteiger partial charge in [0, 0.05) is 10.4 Å². The Morgan fingerprint density at radius 1 is 1.32 bits per heavy atom. The van der Waals surface area contributed by atoms with E-state index in [1.54, 1.807) is 17.7 Å². The molecule has 7 heteroatoms. The topological polar surface area (TPSA) is 84.5 Å². The Balaban J connectivity index is 1.57. The molecule has 4 rings (SSSR count). The van der Waals surface area contributed by atoms with Gasteiger partial charge in [-0.15, -0.1) is 11.3 Å². The van der Waals surface area contributed by atoms with Crippen LogP contribution in [0.25, 0.3) is 10.2 Å². The smallest absolute Gasteiger partial charge is 0.225 e. The van der Waals surface area contributed by atoms with Crippen LogP contribution in [0.5, 0.6) is 5.88 Å². The van der Waals surface area contributed by atoms with Gasteiger partial charge in [0.1, 0.15) is 23.5 Å². The molecule has 2 aromatic rings. The number of rotatable bonds is 6. The zero-order valence-corrected chi connectivity index (χ0v) is 18.0. The zero-order chi connectivity index (χ0) is 19.9. The van der Waals surface area contributed by atoms with E-state index in [9.17, 15) is 5.11 Å². The highest BCUT2D eigenvalue weighted by Gasteiger charge is 2.37. The molecule has 0 amide bonds. The van der Waals surface area contributed by atoms with Crippen LogP contribution < -0.4 is 10.5 Å². The minimum absolute atomic E-state index is 0.202. The van der Waals surface area contributed by atoms with Gasteiger partial charge >= 0.3 is 0 Å². The number of aliphatic hydroxyl groups is 1. The van der Waals surface area contributed by atoms with Gasteiger partial charge < -0.3 is 20.5 Å². The third-order valence-corrected chi connectivity index (χ3v) is 8.14. The summed E-state index contributed by atoms with van der Waals surface area (Å²) in [5.41, 5.74) is 7.25. The summed E-state index contributed by atoms with van der Waals surface area (Å²) in [5.74, 6) is 0.990. The Hall–Kier alpha value is -1.28. The molecule has 1 fully saturated rings. The lowest BCUT2D eigenvalue weighted by Gasteiger charge is -2.44. The van der Waals surface area contributed by atoms with Crippen LogP contribution in [-0.2, 0) is 6.42 Å². The van der Waals surface area contributed by atoms with Crippen molar-refractivity contribution in [3.05, 3.63) is 16.8 Å². The monoisotopic (exact) mass is 404 g/mol. The summed E-state index contributed by atoms with van der Waals surface area (Å²) in [4.78, 5) is 13.8. The Morgan fingerprint density at radius 3 is 2.71 bits per heavy atom. The fraction of sp³-hybridized carbons (Fsp3) is 0.714. The molecule has 6 nitrogen and oxygen atoms in total. The van der Waals surface area contributed by atoms with Crippen LogP contribution in [0.1, 0.15) is 68.2 Å². The second-order valence-corrected chi connectivity index (χ2v) is 9.71. The maximum atomic E-state index is 9.71. The van der Waals surface area contributed by atoms with Crippen molar-refractivity contribution in [2.45, 2.75) is 82.1 Å². The molecule has 154 valence electrons. The Bertz CT molecular complexity index is 827. The largest absolute Gasteiger partial charge is 0.474 e. The lowest BCUT2D eigenvalue weighted by molar-refractivity contribution is 0.0402. The van der Waals surface area contributed by atoms with E-state index in [0.29, 0.717) is 12.0 Å². The van der Waals surface area contributed by atoms with Crippen molar-refractivity contribution >= 4 is 21.6 Å². The van der Waals surface area contributed by atoms with Crippen molar-refractivity contribution in [1.29, 1.82) is 0 Å². The number of aliphatic hydroxyl groups excluding tert-OH is 1. The van der Waals surface area contributed by atoms with Gasteiger partial charge in [-0.05, 0) is 76.9 Å². The summed E-state index contributed by atoms with van der Waals surface area (Å²) in [6, 6.07) is 0. The van der Waals surface area contributed by atoms with Crippen LogP contribution in [-0.4, -0.2) is 51.9 Å². The van der Waals surface area contributed by atoms with Gasteiger partial charge in [-0.1, -0.05) is 6.92 Å². The van der Waals surface area contributed by atoms with Crippen LogP contribution in [0, 0.1) is 0 Å². The van der Waals surface area contributed by atoms with E-state index in [2.05, 4.69) is 35.9 Å². The summed E-state index contributed by atoms with van der Waals surface area (Å²) in [6.07, 6.45) is 9.25. The van der Waals surface area contributed by atoms with Gasteiger partial charge in [0.25, 0.3) is 0 Å². The minimum Gasteiger partial charge on any atom is -0.474 e. The number of thiophene rings is 1. The molecule has 0 aromatic carbocycles. The van der Waals surface area contributed by atoms with Gasteiger partial charge in [-0.3, -0.25) is 0 Å². The maximum Gasteiger partial charge on any atom is 0.225 e. The second-order valence-electron chi connectivity index (χ2n) is 8.63. The summed E-state index contributed by atoms with van der Waals surface area (Å²) in [6.45, 7) is 2.29. The molecule has 3 N–H and O–H groups in total. The first-order valence-electron chi connectivity index (χ1n) is 10.5. The maximum absolute atomic E-state index is 9.71. The number of ether oxygens (including phenoxy) is 1.